The minimum absolute atomic E-state index is 0.124. The van der Waals surface area contributed by atoms with Gasteiger partial charge in [0.2, 0.25) is 0 Å². The molecule has 3 aromatic rings. The average Bonchev–Trinajstić information content (AvgIpc) is 2.80. The van der Waals surface area contributed by atoms with Gasteiger partial charge >= 0.3 is 5.69 Å². The lowest BCUT2D eigenvalue weighted by Crippen LogP contribution is -2.21. The zero-order chi connectivity index (χ0) is 14.8. The van der Waals surface area contributed by atoms with Crippen molar-refractivity contribution in [1.29, 1.82) is 0 Å². The number of nitrogen functional groups attached to an aromatic ring is 1. The number of aryl methyl sites for hydroxylation is 1. The number of hydrogen-bond acceptors (Lipinski definition) is 4. The molecule has 21 heavy (non-hydrogen) atoms. The highest BCUT2D eigenvalue weighted by molar-refractivity contribution is 7.99. The predicted octanol–water partition coefficient (Wildman–Crippen LogP) is 2.52. The van der Waals surface area contributed by atoms with E-state index in [0.717, 1.165) is 10.6 Å². The second-order valence-electron chi connectivity index (χ2n) is 4.47. The number of halogens is 1. The molecule has 0 atom stereocenters. The highest BCUT2D eigenvalue weighted by Gasteiger charge is 2.06. The Balaban J connectivity index is 1.70. The van der Waals surface area contributed by atoms with Crippen molar-refractivity contribution in [3.63, 3.8) is 0 Å². The summed E-state index contributed by atoms with van der Waals surface area (Å²) in [6.45, 7) is 0.535. The third-order valence-corrected chi connectivity index (χ3v) is 4.33. The summed E-state index contributed by atoms with van der Waals surface area (Å²) in [5, 5.41) is 4.83. The molecule has 0 unspecified atom stereocenters. The predicted molar refractivity (Wildman–Crippen MR) is 86.0 cm³/mol. The van der Waals surface area contributed by atoms with Crippen molar-refractivity contribution in [2.45, 2.75) is 11.4 Å². The number of nitrogens with zero attached hydrogens (tertiary/aromatic N) is 3. The first-order valence-electron chi connectivity index (χ1n) is 6.37. The maximum Gasteiger partial charge on any atom is 0.350 e. The van der Waals surface area contributed by atoms with Gasteiger partial charge in [-0.1, -0.05) is 17.7 Å². The van der Waals surface area contributed by atoms with E-state index in [9.17, 15) is 4.79 Å². The first-order valence-corrected chi connectivity index (χ1v) is 7.73. The van der Waals surface area contributed by atoms with Crippen molar-refractivity contribution < 1.29 is 0 Å². The molecule has 0 aliphatic heterocycles. The van der Waals surface area contributed by atoms with Gasteiger partial charge in [0.25, 0.3) is 0 Å². The van der Waals surface area contributed by atoms with E-state index in [1.54, 1.807) is 24.0 Å². The number of pyridine rings is 1. The molecule has 0 saturated carbocycles. The molecular weight excluding hydrogens is 308 g/mol. The van der Waals surface area contributed by atoms with E-state index in [-0.39, 0.29) is 5.69 Å². The van der Waals surface area contributed by atoms with Crippen LogP contribution in [0.25, 0.3) is 5.65 Å². The fourth-order valence-electron chi connectivity index (χ4n) is 1.96. The Labute approximate surface area is 130 Å². The summed E-state index contributed by atoms with van der Waals surface area (Å²) in [6.07, 6.45) is 1.72. The first-order chi connectivity index (χ1) is 10.1. The van der Waals surface area contributed by atoms with Gasteiger partial charge in [-0.25, -0.2) is 9.48 Å². The van der Waals surface area contributed by atoms with E-state index in [4.69, 9.17) is 17.3 Å². The molecule has 7 heteroatoms. The Hall–Kier alpha value is -1.92. The van der Waals surface area contributed by atoms with Crippen LogP contribution < -0.4 is 11.4 Å². The minimum atomic E-state index is -0.124. The van der Waals surface area contributed by atoms with Gasteiger partial charge in [-0.3, -0.25) is 4.40 Å². The zero-order valence-corrected chi connectivity index (χ0v) is 12.6. The molecule has 2 aromatic heterocycles. The fourth-order valence-corrected chi connectivity index (χ4v) is 3.07. The Morgan fingerprint density at radius 3 is 2.90 bits per heavy atom. The molecule has 3 rings (SSSR count). The van der Waals surface area contributed by atoms with Gasteiger partial charge in [-0.05, 0) is 30.3 Å². The first kappa shape index (κ1) is 14.0. The van der Waals surface area contributed by atoms with Gasteiger partial charge in [0.15, 0.2) is 5.65 Å². The number of hydrogen-bond donors (Lipinski definition) is 1. The second kappa shape index (κ2) is 5.83. The largest absolute Gasteiger partial charge is 0.398 e. The van der Waals surface area contributed by atoms with Crippen molar-refractivity contribution in [1.82, 2.24) is 14.2 Å². The van der Waals surface area contributed by atoms with Gasteiger partial charge < -0.3 is 5.73 Å². The molecular formula is C14H13ClN4OS. The van der Waals surface area contributed by atoms with Crippen LogP contribution in [-0.4, -0.2) is 19.9 Å². The lowest BCUT2D eigenvalue weighted by molar-refractivity contribution is 0.640. The molecule has 2 N–H and O–H groups in total. The van der Waals surface area contributed by atoms with E-state index >= 15 is 0 Å². The van der Waals surface area contributed by atoms with Gasteiger partial charge in [-0.15, -0.1) is 16.9 Å². The number of fused-ring (bicyclic) bond motifs is 1. The summed E-state index contributed by atoms with van der Waals surface area (Å²) in [4.78, 5) is 13.1. The van der Waals surface area contributed by atoms with Crippen LogP contribution in [0.4, 0.5) is 5.69 Å². The third-order valence-electron chi connectivity index (χ3n) is 3.03. The van der Waals surface area contributed by atoms with Crippen LogP contribution in [0, 0.1) is 0 Å². The Morgan fingerprint density at radius 1 is 1.29 bits per heavy atom. The highest BCUT2D eigenvalue weighted by atomic mass is 35.5. The zero-order valence-electron chi connectivity index (χ0n) is 11.1. The maximum atomic E-state index is 12.1. The van der Waals surface area contributed by atoms with Crippen molar-refractivity contribution in [2.24, 2.45) is 0 Å². The molecule has 0 amide bonds. The van der Waals surface area contributed by atoms with Gasteiger partial charge in [0, 0.05) is 16.8 Å². The molecule has 2 heterocycles. The Kier molecular flexibility index (Phi) is 3.90. The van der Waals surface area contributed by atoms with Gasteiger partial charge in [-0.2, -0.15) is 0 Å². The summed E-state index contributed by atoms with van der Waals surface area (Å²) in [5.74, 6) is 0.726. The van der Waals surface area contributed by atoms with E-state index in [1.807, 2.05) is 30.3 Å². The molecule has 0 aliphatic carbocycles. The number of rotatable bonds is 4. The van der Waals surface area contributed by atoms with Crippen LogP contribution in [0.3, 0.4) is 0 Å². The molecule has 0 radical (unpaired) electrons. The molecule has 0 spiro atoms. The van der Waals surface area contributed by atoms with E-state index in [0.29, 0.717) is 22.9 Å². The molecule has 5 nitrogen and oxygen atoms in total. The van der Waals surface area contributed by atoms with E-state index in [2.05, 4.69) is 5.10 Å². The topological polar surface area (TPSA) is 65.3 Å². The smallest absolute Gasteiger partial charge is 0.350 e. The van der Waals surface area contributed by atoms with Crippen molar-refractivity contribution in [3.8, 4) is 0 Å². The average molecular weight is 321 g/mol. The Bertz CT molecular complexity index is 842. The van der Waals surface area contributed by atoms with Crippen LogP contribution in [0.2, 0.25) is 5.02 Å². The number of nitrogens with two attached hydrogens (primary N) is 1. The maximum absolute atomic E-state index is 12.1. The highest BCUT2D eigenvalue weighted by Crippen LogP contribution is 2.26. The summed E-state index contributed by atoms with van der Waals surface area (Å²) < 4.78 is 3.01. The molecule has 0 bridgehead atoms. The lowest BCUT2D eigenvalue weighted by atomic mass is 10.3. The number of anilines is 1. The summed E-state index contributed by atoms with van der Waals surface area (Å²) in [6, 6.07) is 11.0. The molecule has 1 aromatic carbocycles. The summed E-state index contributed by atoms with van der Waals surface area (Å²) in [7, 11) is 0. The van der Waals surface area contributed by atoms with Crippen LogP contribution in [-0.2, 0) is 6.54 Å². The SMILES string of the molecule is Nc1ccc(SCCn2nc3ccccn3c2=O)cc1Cl. The van der Waals surface area contributed by atoms with Gasteiger partial charge in [0.05, 0.1) is 17.3 Å². The monoisotopic (exact) mass is 320 g/mol. The van der Waals surface area contributed by atoms with Crippen LogP contribution in [0.15, 0.2) is 52.3 Å². The molecule has 0 aliphatic rings. The fraction of sp³-hybridized carbons (Fsp3) is 0.143. The van der Waals surface area contributed by atoms with Crippen LogP contribution in [0.5, 0.6) is 0 Å². The van der Waals surface area contributed by atoms with Gasteiger partial charge in [0.1, 0.15) is 0 Å². The van der Waals surface area contributed by atoms with E-state index < -0.39 is 0 Å². The number of thioether (sulfide) groups is 1. The van der Waals surface area contributed by atoms with Crippen LogP contribution in [0.1, 0.15) is 0 Å². The second-order valence-corrected chi connectivity index (χ2v) is 6.04. The molecule has 0 fully saturated rings. The number of benzene rings is 1. The number of aromatic nitrogens is 3. The summed E-state index contributed by atoms with van der Waals surface area (Å²) >= 11 is 7.59. The Morgan fingerprint density at radius 2 is 2.14 bits per heavy atom. The molecule has 108 valence electrons. The van der Waals surface area contributed by atoms with Crippen molar-refractivity contribution >= 4 is 34.7 Å². The van der Waals surface area contributed by atoms with Crippen LogP contribution >= 0.6 is 23.4 Å². The normalized spacial score (nSPS) is 11.1. The lowest BCUT2D eigenvalue weighted by Gasteiger charge is -2.03. The molecule has 0 saturated heterocycles. The van der Waals surface area contributed by atoms with E-state index in [1.165, 1.54) is 9.08 Å². The van der Waals surface area contributed by atoms with Crippen molar-refractivity contribution in [3.05, 3.63) is 58.1 Å². The van der Waals surface area contributed by atoms with Crippen molar-refractivity contribution in [2.75, 3.05) is 11.5 Å². The third kappa shape index (κ3) is 2.91. The quantitative estimate of drug-likeness (QED) is 0.592. The standard InChI is InChI=1S/C14H13ClN4OS/c15-11-9-10(4-5-12(11)16)21-8-7-19-14(20)18-6-2-1-3-13(18)17-19/h1-6,9H,7-8,16H2. The minimum Gasteiger partial charge on any atom is -0.398 e. The summed E-state index contributed by atoms with van der Waals surface area (Å²) in [5.41, 5.74) is 6.77.